The first-order chi connectivity index (χ1) is 12.0. The van der Waals surface area contributed by atoms with Crippen LogP contribution in [0.5, 0.6) is 11.5 Å². The largest absolute Gasteiger partial charge is 0.493 e. The Balaban J connectivity index is 1.80. The van der Waals surface area contributed by atoms with E-state index < -0.39 is 0 Å². The van der Waals surface area contributed by atoms with E-state index in [1.807, 2.05) is 6.07 Å². The van der Waals surface area contributed by atoms with Gasteiger partial charge < -0.3 is 14.4 Å². The van der Waals surface area contributed by atoms with Crippen LogP contribution in [0.2, 0.25) is 0 Å². The van der Waals surface area contributed by atoms with Crippen molar-refractivity contribution in [2.75, 3.05) is 20.7 Å². The SMILES string of the molecule is COc1ccc2c3c1OC1C(=O)C[C@H](C(C)C)C4C(C2)N(C)CCC314. The van der Waals surface area contributed by atoms with Crippen molar-refractivity contribution in [3.8, 4) is 11.5 Å². The smallest absolute Gasteiger partial charge is 0.174 e. The molecule has 1 aromatic rings. The predicted octanol–water partition coefficient (Wildman–Crippen LogP) is 2.82. The molecule has 2 fully saturated rings. The van der Waals surface area contributed by atoms with Crippen LogP contribution in [0.1, 0.15) is 37.8 Å². The van der Waals surface area contributed by atoms with Crippen LogP contribution < -0.4 is 9.47 Å². The number of Topliss-reactive ketones (excluding diaryl/α,β-unsaturated/α-hetero) is 1. The molecule has 4 nitrogen and oxygen atoms in total. The number of piperidine rings is 1. The zero-order valence-corrected chi connectivity index (χ0v) is 15.5. The first-order valence-corrected chi connectivity index (χ1v) is 9.59. The summed E-state index contributed by atoms with van der Waals surface area (Å²) in [5, 5.41) is 0. The molecular formula is C21H27NO3. The van der Waals surface area contributed by atoms with E-state index in [1.54, 1.807) is 7.11 Å². The van der Waals surface area contributed by atoms with Gasteiger partial charge in [-0.25, -0.2) is 0 Å². The summed E-state index contributed by atoms with van der Waals surface area (Å²) in [5.41, 5.74) is 2.53. The van der Waals surface area contributed by atoms with Gasteiger partial charge in [0.1, 0.15) is 0 Å². The highest BCUT2D eigenvalue weighted by Crippen LogP contribution is 2.65. The fraction of sp³-hybridized carbons (Fsp3) is 0.667. The lowest BCUT2D eigenvalue weighted by Gasteiger charge is -2.60. The second-order valence-electron chi connectivity index (χ2n) is 8.78. The number of nitrogens with zero attached hydrogens (tertiary/aromatic N) is 1. The minimum atomic E-state index is -0.311. The summed E-state index contributed by atoms with van der Waals surface area (Å²) in [7, 11) is 3.95. The standard InChI is InChI=1S/C21H27NO3/c1-11(2)13-10-15(23)20-21-7-8-22(3)14(18(13)21)9-12-5-6-16(24-4)19(25-20)17(12)21/h5-6,11,13-14,18,20H,7-10H2,1-4H3/t13-,14?,18?,20?,21?/m1/s1. The van der Waals surface area contributed by atoms with Gasteiger partial charge in [-0.3, -0.25) is 4.79 Å². The zero-order valence-electron chi connectivity index (χ0n) is 15.5. The summed E-state index contributed by atoms with van der Waals surface area (Å²) in [5.74, 6) is 3.38. The van der Waals surface area contributed by atoms with Gasteiger partial charge in [-0.05, 0) is 55.8 Å². The van der Waals surface area contributed by atoms with E-state index >= 15 is 0 Å². The molecule has 4 aliphatic rings. The average Bonchev–Trinajstić information content (AvgIpc) is 2.94. The van der Waals surface area contributed by atoms with Gasteiger partial charge in [0.2, 0.25) is 0 Å². The molecule has 0 radical (unpaired) electrons. The summed E-state index contributed by atoms with van der Waals surface area (Å²) in [6.45, 7) is 5.60. The van der Waals surface area contributed by atoms with Gasteiger partial charge in [0.15, 0.2) is 23.4 Å². The second kappa shape index (κ2) is 5.00. The molecule has 5 atom stereocenters. The molecule has 1 saturated carbocycles. The molecule has 4 heteroatoms. The molecule has 1 saturated heterocycles. The molecule has 2 aliphatic carbocycles. The summed E-state index contributed by atoms with van der Waals surface area (Å²) in [6, 6.07) is 4.73. The topological polar surface area (TPSA) is 38.8 Å². The number of carbonyl (C=O) groups is 1. The number of ketones is 1. The molecule has 5 rings (SSSR count). The monoisotopic (exact) mass is 341 g/mol. The van der Waals surface area contributed by atoms with Crippen molar-refractivity contribution < 1.29 is 14.3 Å². The Labute approximate surface area is 149 Å². The van der Waals surface area contributed by atoms with Crippen LogP contribution in [-0.4, -0.2) is 43.5 Å². The maximum Gasteiger partial charge on any atom is 0.174 e. The summed E-state index contributed by atoms with van der Waals surface area (Å²) in [6.07, 6.45) is 2.42. The first-order valence-electron chi connectivity index (χ1n) is 9.59. The second-order valence-corrected chi connectivity index (χ2v) is 8.78. The molecule has 1 spiro atoms. The average molecular weight is 341 g/mol. The molecule has 1 aromatic carbocycles. The Hall–Kier alpha value is -1.55. The highest BCUT2D eigenvalue weighted by atomic mass is 16.5. The number of benzene rings is 1. The Bertz CT molecular complexity index is 758. The van der Waals surface area contributed by atoms with Crippen molar-refractivity contribution >= 4 is 5.78 Å². The Morgan fingerprint density at radius 1 is 1.32 bits per heavy atom. The van der Waals surface area contributed by atoms with E-state index in [1.165, 1.54) is 11.1 Å². The molecule has 2 heterocycles. The Morgan fingerprint density at radius 3 is 2.84 bits per heavy atom. The predicted molar refractivity (Wildman–Crippen MR) is 95.3 cm³/mol. The zero-order chi connectivity index (χ0) is 17.5. The third-order valence-corrected chi connectivity index (χ3v) is 7.53. The highest BCUT2D eigenvalue weighted by molar-refractivity contribution is 5.89. The lowest BCUT2D eigenvalue weighted by atomic mass is 9.47. The molecule has 0 amide bonds. The number of likely N-dealkylation sites (tertiary alicyclic amines) is 1. The molecule has 0 N–H and O–H groups in total. The van der Waals surface area contributed by atoms with Crippen LogP contribution in [0.25, 0.3) is 0 Å². The third-order valence-electron chi connectivity index (χ3n) is 7.53. The van der Waals surface area contributed by atoms with Gasteiger partial charge in [-0.15, -0.1) is 0 Å². The number of methoxy groups -OCH3 is 1. The van der Waals surface area contributed by atoms with E-state index in [0.717, 1.165) is 30.9 Å². The van der Waals surface area contributed by atoms with Crippen LogP contribution >= 0.6 is 0 Å². The lowest BCUT2D eigenvalue weighted by Crippen LogP contribution is -2.68. The first kappa shape index (κ1) is 15.7. The van der Waals surface area contributed by atoms with E-state index in [-0.39, 0.29) is 11.5 Å². The molecule has 2 bridgehead atoms. The number of rotatable bonds is 2. The number of ether oxygens (including phenoxy) is 2. The van der Waals surface area contributed by atoms with Gasteiger partial charge in [0, 0.05) is 23.4 Å². The minimum absolute atomic E-state index is 0.140. The molecule has 134 valence electrons. The molecular weight excluding hydrogens is 314 g/mol. The minimum Gasteiger partial charge on any atom is -0.493 e. The van der Waals surface area contributed by atoms with Gasteiger partial charge >= 0.3 is 0 Å². The third kappa shape index (κ3) is 1.74. The van der Waals surface area contributed by atoms with Crippen molar-refractivity contribution in [2.45, 2.75) is 50.7 Å². The van der Waals surface area contributed by atoms with Crippen molar-refractivity contribution in [3.63, 3.8) is 0 Å². The quantitative estimate of drug-likeness (QED) is 0.829. The summed E-state index contributed by atoms with van der Waals surface area (Å²) < 4.78 is 12.0. The van der Waals surface area contributed by atoms with Crippen molar-refractivity contribution in [1.29, 1.82) is 0 Å². The number of hydrogen-bond acceptors (Lipinski definition) is 4. The van der Waals surface area contributed by atoms with Crippen LogP contribution in [0.3, 0.4) is 0 Å². The molecule has 25 heavy (non-hydrogen) atoms. The van der Waals surface area contributed by atoms with E-state index in [4.69, 9.17) is 9.47 Å². The van der Waals surface area contributed by atoms with E-state index in [2.05, 4.69) is 31.9 Å². The Morgan fingerprint density at radius 2 is 2.12 bits per heavy atom. The van der Waals surface area contributed by atoms with Gasteiger partial charge in [-0.1, -0.05) is 19.9 Å². The Kier molecular flexibility index (Phi) is 3.14. The van der Waals surface area contributed by atoms with E-state index in [0.29, 0.717) is 36.0 Å². The fourth-order valence-electron chi connectivity index (χ4n) is 6.47. The van der Waals surface area contributed by atoms with Crippen LogP contribution in [0, 0.1) is 17.8 Å². The van der Waals surface area contributed by atoms with Crippen molar-refractivity contribution in [3.05, 3.63) is 23.3 Å². The van der Waals surface area contributed by atoms with Crippen molar-refractivity contribution in [2.24, 2.45) is 17.8 Å². The highest BCUT2D eigenvalue weighted by Gasteiger charge is 2.68. The van der Waals surface area contributed by atoms with Crippen LogP contribution in [-0.2, 0) is 16.6 Å². The summed E-state index contributed by atoms with van der Waals surface area (Å²) in [4.78, 5) is 15.7. The van der Waals surface area contributed by atoms with E-state index in [9.17, 15) is 4.79 Å². The van der Waals surface area contributed by atoms with Crippen molar-refractivity contribution in [1.82, 2.24) is 4.90 Å². The number of carbonyl (C=O) groups excluding carboxylic acids is 1. The fourth-order valence-corrected chi connectivity index (χ4v) is 6.47. The molecule has 4 unspecified atom stereocenters. The normalized spacial score (nSPS) is 38.5. The maximum absolute atomic E-state index is 13.1. The summed E-state index contributed by atoms with van der Waals surface area (Å²) >= 11 is 0. The number of likely N-dealkylation sites (N-methyl/N-ethyl adjacent to an activating group) is 1. The van der Waals surface area contributed by atoms with Gasteiger partial charge in [0.25, 0.3) is 0 Å². The molecule has 0 aromatic heterocycles. The van der Waals surface area contributed by atoms with Crippen LogP contribution in [0.4, 0.5) is 0 Å². The van der Waals surface area contributed by atoms with Gasteiger partial charge in [0.05, 0.1) is 7.11 Å². The number of hydrogen-bond donors (Lipinski definition) is 0. The lowest BCUT2D eigenvalue weighted by molar-refractivity contribution is -0.146. The maximum atomic E-state index is 13.1. The van der Waals surface area contributed by atoms with Gasteiger partial charge in [-0.2, -0.15) is 0 Å². The van der Waals surface area contributed by atoms with Crippen LogP contribution in [0.15, 0.2) is 12.1 Å². The molecule has 2 aliphatic heterocycles.